The highest BCUT2D eigenvalue weighted by molar-refractivity contribution is 7.21. The lowest BCUT2D eigenvalue weighted by molar-refractivity contribution is 0.102. The van der Waals surface area contributed by atoms with E-state index in [-0.39, 0.29) is 5.78 Å². The molecule has 0 spiro atoms. The van der Waals surface area contributed by atoms with Crippen LogP contribution in [-0.4, -0.2) is 15.8 Å². The van der Waals surface area contributed by atoms with Crippen molar-refractivity contribution in [1.82, 2.24) is 9.97 Å². The summed E-state index contributed by atoms with van der Waals surface area (Å²) in [5, 5.41) is 1.65. The van der Waals surface area contributed by atoms with Crippen LogP contribution in [-0.2, 0) is 0 Å². The molecule has 4 nitrogen and oxygen atoms in total. The summed E-state index contributed by atoms with van der Waals surface area (Å²) in [6.07, 6.45) is 2.18. The standard InChI is InChI=1S/C17H13Cl2N3OS/c1-7(23)15-13(20)12-14(9-4-5-10(18)11(19)6-9)21-16(8-2-3-8)22-17(12)24-15/h4-6,8H,2-3,20H2,1H3. The second-order valence-corrected chi connectivity index (χ2v) is 7.73. The first-order chi connectivity index (χ1) is 11.5. The number of benzene rings is 1. The van der Waals surface area contributed by atoms with Gasteiger partial charge in [0.2, 0.25) is 0 Å². The van der Waals surface area contributed by atoms with Crippen LogP contribution in [0.1, 0.15) is 41.2 Å². The number of carbonyl (C=O) groups excluding carboxylic acids is 1. The minimum Gasteiger partial charge on any atom is -0.397 e. The predicted octanol–water partition coefficient (Wildman–Crippen LogP) is 5.33. The molecule has 1 aromatic carbocycles. The third-order valence-electron chi connectivity index (χ3n) is 4.06. The maximum atomic E-state index is 11.9. The molecule has 0 saturated heterocycles. The number of nitrogens with two attached hydrogens (primary N) is 1. The van der Waals surface area contributed by atoms with Crippen molar-refractivity contribution in [3.05, 3.63) is 38.9 Å². The van der Waals surface area contributed by atoms with Crippen LogP contribution >= 0.6 is 34.5 Å². The summed E-state index contributed by atoms with van der Waals surface area (Å²) in [6, 6.07) is 5.36. The summed E-state index contributed by atoms with van der Waals surface area (Å²) in [5.74, 6) is 1.13. The van der Waals surface area contributed by atoms with Gasteiger partial charge in [0.1, 0.15) is 10.7 Å². The fraction of sp³-hybridized carbons (Fsp3) is 0.235. The molecule has 1 aliphatic rings. The minimum atomic E-state index is -0.0661. The van der Waals surface area contributed by atoms with Crippen LogP contribution in [0.15, 0.2) is 18.2 Å². The van der Waals surface area contributed by atoms with E-state index in [9.17, 15) is 4.79 Å². The van der Waals surface area contributed by atoms with Gasteiger partial charge in [-0.15, -0.1) is 11.3 Å². The van der Waals surface area contributed by atoms with Crippen LogP contribution in [0.25, 0.3) is 21.5 Å². The van der Waals surface area contributed by atoms with Crippen molar-refractivity contribution in [3.8, 4) is 11.3 Å². The average Bonchev–Trinajstić information content (AvgIpc) is 3.33. The van der Waals surface area contributed by atoms with Gasteiger partial charge in [0.05, 0.1) is 31.7 Å². The fourth-order valence-electron chi connectivity index (χ4n) is 2.68. The fourth-order valence-corrected chi connectivity index (χ4v) is 3.97. The number of halogens is 2. The van der Waals surface area contributed by atoms with E-state index < -0.39 is 0 Å². The molecule has 7 heteroatoms. The van der Waals surface area contributed by atoms with Crippen LogP contribution < -0.4 is 5.73 Å². The summed E-state index contributed by atoms with van der Waals surface area (Å²) >= 11 is 13.5. The van der Waals surface area contributed by atoms with Gasteiger partial charge in [-0.25, -0.2) is 9.97 Å². The number of ketones is 1. The van der Waals surface area contributed by atoms with Crippen LogP contribution in [0.3, 0.4) is 0 Å². The molecule has 122 valence electrons. The highest BCUT2D eigenvalue weighted by Gasteiger charge is 2.29. The van der Waals surface area contributed by atoms with E-state index in [0.717, 1.165) is 29.1 Å². The van der Waals surface area contributed by atoms with Gasteiger partial charge in [-0.3, -0.25) is 4.79 Å². The van der Waals surface area contributed by atoms with E-state index in [1.807, 2.05) is 6.07 Å². The normalized spacial score (nSPS) is 14.3. The summed E-state index contributed by atoms with van der Waals surface area (Å²) in [5.41, 5.74) is 8.20. The smallest absolute Gasteiger partial charge is 0.171 e. The monoisotopic (exact) mass is 377 g/mol. The number of hydrogen-bond acceptors (Lipinski definition) is 5. The Morgan fingerprint density at radius 1 is 1.25 bits per heavy atom. The van der Waals surface area contributed by atoms with Gasteiger partial charge in [0.25, 0.3) is 0 Å². The Labute approximate surface area is 152 Å². The molecule has 0 atom stereocenters. The number of nitrogen functional groups attached to an aromatic ring is 1. The van der Waals surface area contributed by atoms with Crippen molar-refractivity contribution >= 4 is 56.2 Å². The number of hydrogen-bond donors (Lipinski definition) is 1. The quantitative estimate of drug-likeness (QED) is 0.626. The summed E-state index contributed by atoms with van der Waals surface area (Å²) in [4.78, 5) is 22.5. The molecule has 3 aromatic rings. The number of aromatic nitrogens is 2. The molecule has 0 amide bonds. The molecule has 24 heavy (non-hydrogen) atoms. The lowest BCUT2D eigenvalue weighted by Gasteiger charge is -2.08. The highest BCUT2D eigenvalue weighted by Crippen LogP contribution is 2.44. The van der Waals surface area contributed by atoms with Crippen LogP contribution in [0.4, 0.5) is 5.69 Å². The number of fused-ring (bicyclic) bond motifs is 1. The second kappa shape index (κ2) is 5.69. The van der Waals surface area contributed by atoms with Crippen LogP contribution in [0.2, 0.25) is 10.0 Å². The SMILES string of the molecule is CC(=O)c1sc2nc(C3CC3)nc(-c3ccc(Cl)c(Cl)c3)c2c1N. The molecular formula is C17H13Cl2N3OS. The first-order valence-electron chi connectivity index (χ1n) is 7.52. The molecule has 2 heterocycles. The molecule has 0 unspecified atom stereocenters. The summed E-state index contributed by atoms with van der Waals surface area (Å²) in [7, 11) is 0. The van der Waals surface area contributed by atoms with Gasteiger partial charge in [0.15, 0.2) is 5.78 Å². The Morgan fingerprint density at radius 3 is 2.62 bits per heavy atom. The molecule has 1 aliphatic carbocycles. The van der Waals surface area contributed by atoms with Gasteiger partial charge in [-0.05, 0) is 25.0 Å². The van der Waals surface area contributed by atoms with Gasteiger partial charge in [-0.2, -0.15) is 0 Å². The van der Waals surface area contributed by atoms with Gasteiger partial charge in [0, 0.05) is 18.4 Å². The van der Waals surface area contributed by atoms with Crippen LogP contribution in [0.5, 0.6) is 0 Å². The van der Waals surface area contributed by atoms with Gasteiger partial charge in [-0.1, -0.05) is 29.3 Å². The number of thiophene rings is 1. The van der Waals surface area contributed by atoms with Crippen molar-refractivity contribution in [1.29, 1.82) is 0 Å². The third-order valence-corrected chi connectivity index (χ3v) is 6.00. The third kappa shape index (κ3) is 2.57. The van der Waals surface area contributed by atoms with Crippen molar-refractivity contribution in [2.24, 2.45) is 0 Å². The molecule has 0 bridgehead atoms. The number of carbonyl (C=O) groups is 1. The molecule has 0 radical (unpaired) electrons. The van der Waals surface area contributed by atoms with Gasteiger partial charge >= 0.3 is 0 Å². The Balaban J connectivity index is 2.04. The van der Waals surface area contributed by atoms with E-state index in [1.165, 1.54) is 18.3 Å². The Morgan fingerprint density at radius 2 is 2.00 bits per heavy atom. The maximum Gasteiger partial charge on any atom is 0.171 e. The zero-order valence-electron chi connectivity index (χ0n) is 12.8. The predicted molar refractivity (Wildman–Crippen MR) is 99.3 cm³/mol. The van der Waals surface area contributed by atoms with E-state index >= 15 is 0 Å². The van der Waals surface area contributed by atoms with Crippen molar-refractivity contribution < 1.29 is 4.79 Å². The van der Waals surface area contributed by atoms with E-state index in [1.54, 1.807) is 12.1 Å². The lowest BCUT2D eigenvalue weighted by atomic mass is 10.1. The van der Waals surface area contributed by atoms with Crippen LogP contribution in [0, 0.1) is 0 Å². The Bertz CT molecular complexity index is 995. The largest absolute Gasteiger partial charge is 0.397 e. The molecule has 2 N–H and O–H groups in total. The van der Waals surface area contributed by atoms with Crippen molar-refractivity contribution in [3.63, 3.8) is 0 Å². The minimum absolute atomic E-state index is 0.0661. The van der Waals surface area contributed by atoms with E-state index in [4.69, 9.17) is 33.9 Å². The summed E-state index contributed by atoms with van der Waals surface area (Å²) in [6.45, 7) is 1.51. The van der Waals surface area contributed by atoms with Crippen molar-refractivity contribution in [2.75, 3.05) is 5.73 Å². The van der Waals surface area contributed by atoms with Gasteiger partial charge < -0.3 is 5.73 Å². The molecule has 2 aromatic heterocycles. The van der Waals surface area contributed by atoms with E-state index in [0.29, 0.717) is 37.6 Å². The molecule has 4 rings (SSSR count). The number of nitrogens with zero attached hydrogens (tertiary/aromatic N) is 2. The lowest BCUT2D eigenvalue weighted by Crippen LogP contribution is -1.98. The number of rotatable bonds is 3. The molecular weight excluding hydrogens is 365 g/mol. The Kier molecular flexibility index (Phi) is 3.75. The molecule has 1 fully saturated rings. The Hall–Kier alpha value is -1.69. The summed E-state index contributed by atoms with van der Waals surface area (Å²) < 4.78 is 0. The average molecular weight is 378 g/mol. The number of Topliss-reactive ketones (excluding diaryl/α,β-unsaturated/α-hetero) is 1. The second-order valence-electron chi connectivity index (χ2n) is 5.91. The first-order valence-corrected chi connectivity index (χ1v) is 9.09. The first kappa shape index (κ1) is 15.8. The number of anilines is 1. The van der Waals surface area contributed by atoms with E-state index in [2.05, 4.69) is 4.98 Å². The topological polar surface area (TPSA) is 68.9 Å². The van der Waals surface area contributed by atoms with Crippen molar-refractivity contribution in [2.45, 2.75) is 25.7 Å². The molecule has 1 saturated carbocycles. The zero-order chi connectivity index (χ0) is 17.0. The molecule has 0 aliphatic heterocycles. The highest BCUT2D eigenvalue weighted by atomic mass is 35.5. The maximum absolute atomic E-state index is 11.9. The zero-order valence-corrected chi connectivity index (χ0v) is 15.1.